The summed E-state index contributed by atoms with van der Waals surface area (Å²) in [5, 5.41) is 8.30. The number of para-hydroxylation sites is 1. The highest BCUT2D eigenvalue weighted by Gasteiger charge is 2.15. The van der Waals surface area contributed by atoms with E-state index < -0.39 is 0 Å². The second-order valence-corrected chi connectivity index (χ2v) is 7.07. The van der Waals surface area contributed by atoms with Crippen LogP contribution in [0.5, 0.6) is 5.75 Å². The van der Waals surface area contributed by atoms with E-state index in [0.717, 1.165) is 47.4 Å². The minimum Gasteiger partial charge on any atom is -0.496 e. The number of unbranched alkanes of at least 4 members (excludes halogenated alkanes) is 1. The number of nitrogens with two attached hydrogens (primary N) is 1. The molecule has 0 radical (unpaired) electrons. The van der Waals surface area contributed by atoms with Gasteiger partial charge in [0.2, 0.25) is 5.95 Å². The van der Waals surface area contributed by atoms with Crippen molar-refractivity contribution in [2.45, 2.75) is 58.5 Å². The number of fused-ring (bicyclic) bond motifs is 1. The Balaban J connectivity index is 1.89. The van der Waals surface area contributed by atoms with E-state index >= 15 is 0 Å². The van der Waals surface area contributed by atoms with Crippen LogP contribution in [-0.4, -0.2) is 32.9 Å². The summed E-state index contributed by atoms with van der Waals surface area (Å²) in [4.78, 5) is 8.81. The molecule has 3 rings (SSSR count). The van der Waals surface area contributed by atoms with Gasteiger partial charge in [0.25, 0.3) is 0 Å². The number of methoxy groups -OCH3 is 1. The van der Waals surface area contributed by atoms with Crippen molar-refractivity contribution < 1.29 is 4.74 Å². The standard InChI is InChI=1S/C21H30N6O/c1-4-6-11-16(9-5-2)23-20-19-17(24-21(22)25-20)14-27(26-19)13-15-10-7-8-12-18(15)28-3/h7-8,10,12,14,16H,4-6,9,11,13H2,1-3H3,(H3,22,23,24,25)/t16-/m1/s1. The molecule has 3 aromatic rings. The Bertz CT molecular complexity index is 907. The molecule has 0 aliphatic heterocycles. The van der Waals surface area contributed by atoms with Gasteiger partial charge in [-0.2, -0.15) is 10.1 Å². The molecule has 28 heavy (non-hydrogen) atoms. The zero-order valence-corrected chi connectivity index (χ0v) is 17.0. The van der Waals surface area contributed by atoms with Crippen molar-refractivity contribution in [2.75, 3.05) is 18.2 Å². The number of aromatic nitrogens is 4. The summed E-state index contributed by atoms with van der Waals surface area (Å²) in [7, 11) is 1.68. The van der Waals surface area contributed by atoms with Crippen molar-refractivity contribution in [3.05, 3.63) is 36.0 Å². The lowest BCUT2D eigenvalue weighted by atomic mass is 10.1. The third-order valence-electron chi connectivity index (χ3n) is 4.84. The van der Waals surface area contributed by atoms with Crippen molar-refractivity contribution in [3.8, 4) is 5.75 Å². The van der Waals surface area contributed by atoms with E-state index in [2.05, 4.69) is 29.1 Å². The number of hydrogen-bond acceptors (Lipinski definition) is 6. The molecule has 0 saturated heterocycles. The molecular formula is C21H30N6O. The third kappa shape index (κ3) is 4.71. The van der Waals surface area contributed by atoms with E-state index in [1.807, 2.05) is 35.1 Å². The molecule has 150 valence electrons. The number of nitrogens with one attached hydrogen (secondary N) is 1. The van der Waals surface area contributed by atoms with Gasteiger partial charge in [-0.15, -0.1) is 0 Å². The second-order valence-electron chi connectivity index (χ2n) is 7.07. The van der Waals surface area contributed by atoms with E-state index in [4.69, 9.17) is 15.6 Å². The maximum atomic E-state index is 5.96. The maximum Gasteiger partial charge on any atom is 0.222 e. The summed E-state index contributed by atoms with van der Waals surface area (Å²) in [5.41, 5.74) is 8.52. The smallest absolute Gasteiger partial charge is 0.222 e. The first-order chi connectivity index (χ1) is 13.6. The molecule has 0 aliphatic carbocycles. The number of ether oxygens (including phenoxy) is 1. The van der Waals surface area contributed by atoms with Gasteiger partial charge < -0.3 is 15.8 Å². The summed E-state index contributed by atoms with van der Waals surface area (Å²) >= 11 is 0. The lowest BCUT2D eigenvalue weighted by molar-refractivity contribution is 0.407. The Morgan fingerprint density at radius 2 is 1.96 bits per heavy atom. The highest BCUT2D eigenvalue weighted by Crippen LogP contribution is 2.24. The molecule has 0 saturated carbocycles. The molecule has 2 heterocycles. The third-order valence-corrected chi connectivity index (χ3v) is 4.84. The minimum absolute atomic E-state index is 0.262. The fourth-order valence-corrected chi connectivity index (χ4v) is 3.45. The Kier molecular flexibility index (Phi) is 6.68. The Labute approximate surface area is 166 Å². The largest absolute Gasteiger partial charge is 0.496 e. The summed E-state index contributed by atoms with van der Waals surface area (Å²) in [6.45, 7) is 5.00. The quantitative estimate of drug-likeness (QED) is 0.545. The normalized spacial score (nSPS) is 12.2. The topological polar surface area (TPSA) is 90.9 Å². The number of nitrogen functional groups attached to an aromatic ring is 1. The van der Waals surface area contributed by atoms with Crippen LogP contribution in [0, 0.1) is 0 Å². The molecule has 1 aromatic carbocycles. The first-order valence-electron chi connectivity index (χ1n) is 10.0. The van der Waals surface area contributed by atoms with Gasteiger partial charge in [0.15, 0.2) is 11.3 Å². The molecule has 0 spiro atoms. The summed E-state index contributed by atoms with van der Waals surface area (Å²) < 4.78 is 7.31. The molecule has 7 heteroatoms. The highest BCUT2D eigenvalue weighted by molar-refractivity contribution is 5.85. The van der Waals surface area contributed by atoms with Crippen LogP contribution in [-0.2, 0) is 6.54 Å². The average molecular weight is 383 g/mol. The van der Waals surface area contributed by atoms with Crippen molar-refractivity contribution in [1.82, 2.24) is 19.7 Å². The van der Waals surface area contributed by atoms with Gasteiger partial charge in [0, 0.05) is 11.6 Å². The van der Waals surface area contributed by atoms with Crippen LogP contribution in [0.3, 0.4) is 0 Å². The molecule has 0 fully saturated rings. The Morgan fingerprint density at radius 3 is 2.71 bits per heavy atom. The molecule has 0 bridgehead atoms. The molecular weight excluding hydrogens is 352 g/mol. The predicted molar refractivity (Wildman–Crippen MR) is 114 cm³/mol. The lowest BCUT2D eigenvalue weighted by Gasteiger charge is -2.18. The van der Waals surface area contributed by atoms with E-state index in [1.165, 1.54) is 12.8 Å². The average Bonchev–Trinajstić information content (AvgIpc) is 3.09. The van der Waals surface area contributed by atoms with Crippen molar-refractivity contribution >= 4 is 22.8 Å². The number of rotatable bonds is 10. The first-order valence-corrected chi connectivity index (χ1v) is 10.0. The van der Waals surface area contributed by atoms with Gasteiger partial charge in [0.05, 0.1) is 19.9 Å². The van der Waals surface area contributed by atoms with Crippen LogP contribution in [0.4, 0.5) is 11.8 Å². The van der Waals surface area contributed by atoms with E-state index in [-0.39, 0.29) is 5.95 Å². The first kappa shape index (κ1) is 19.9. The van der Waals surface area contributed by atoms with Crippen molar-refractivity contribution in [2.24, 2.45) is 0 Å². The van der Waals surface area contributed by atoms with Crippen LogP contribution in [0.2, 0.25) is 0 Å². The zero-order chi connectivity index (χ0) is 19.9. The molecule has 1 atom stereocenters. The molecule has 0 unspecified atom stereocenters. The molecule has 0 amide bonds. The van der Waals surface area contributed by atoms with E-state index in [9.17, 15) is 0 Å². The van der Waals surface area contributed by atoms with Crippen LogP contribution >= 0.6 is 0 Å². The SMILES string of the molecule is CCCC[C@@H](CCC)Nc1nc(N)nc2cn(Cc3ccccc3OC)nc12. The summed E-state index contributed by atoms with van der Waals surface area (Å²) in [6.07, 6.45) is 7.59. The van der Waals surface area contributed by atoms with Gasteiger partial charge >= 0.3 is 0 Å². The highest BCUT2D eigenvalue weighted by atomic mass is 16.5. The fourth-order valence-electron chi connectivity index (χ4n) is 3.45. The molecule has 0 aliphatic rings. The van der Waals surface area contributed by atoms with Gasteiger partial charge in [-0.1, -0.05) is 51.3 Å². The van der Waals surface area contributed by atoms with E-state index in [1.54, 1.807) is 7.11 Å². The van der Waals surface area contributed by atoms with Gasteiger partial charge in [-0.25, -0.2) is 4.98 Å². The molecule has 3 N–H and O–H groups in total. The second kappa shape index (κ2) is 9.39. The Hall–Kier alpha value is -2.83. The van der Waals surface area contributed by atoms with Gasteiger partial charge in [0.1, 0.15) is 11.3 Å². The van der Waals surface area contributed by atoms with Crippen LogP contribution in [0.25, 0.3) is 11.0 Å². The maximum absolute atomic E-state index is 5.96. The van der Waals surface area contributed by atoms with Crippen LogP contribution in [0.15, 0.2) is 30.5 Å². The number of nitrogens with zero attached hydrogens (tertiary/aromatic N) is 4. The van der Waals surface area contributed by atoms with Crippen molar-refractivity contribution in [1.29, 1.82) is 0 Å². The number of benzene rings is 1. The van der Waals surface area contributed by atoms with Crippen LogP contribution < -0.4 is 15.8 Å². The zero-order valence-electron chi connectivity index (χ0n) is 17.0. The monoisotopic (exact) mass is 382 g/mol. The fraction of sp³-hybridized carbons (Fsp3) is 0.476. The lowest BCUT2D eigenvalue weighted by Crippen LogP contribution is -2.20. The number of anilines is 2. The summed E-state index contributed by atoms with van der Waals surface area (Å²) in [6, 6.07) is 8.30. The van der Waals surface area contributed by atoms with Crippen LogP contribution in [0.1, 0.15) is 51.5 Å². The predicted octanol–water partition coefficient (Wildman–Crippen LogP) is 4.24. The molecule has 7 nitrogen and oxygen atoms in total. The van der Waals surface area contributed by atoms with Gasteiger partial charge in [-0.3, -0.25) is 4.68 Å². The van der Waals surface area contributed by atoms with Gasteiger partial charge in [-0.05, 0) is 18.9 Å². The van der Waals surface area contributed by atoms with Crippen molar-refractivity contribution in [3.63, 3.8) is 0 Å². The number of hydrogen-bond donors (Lipinski definition) is 2. The van der Waals surface area contributed by atoms with E-state index in [0.29, 0.717) is 12.6 Å². The minimum atomic E-state index is 0.262. The Morgan fingerprint density at radius 1 is 1.14 bits per heavy atom. The summed E-state index contributed by atoms with van der Waals surface area (Å²) in [5.74, 6) is 1.82. The molecule has 2 aromatic heterocycles.